The van der Waals surface area contributed by atoms with Crippen LogP contribution in [0.5, 0.6) is 5.75 Å². The Balaban J connectivity index is 1.86. The van der Waals surface area contributed by atoms with Crippen LogP contribution in [-0.2, 0) is 6.42 Å². The molecule has 0 aliphatic heterocycles. The Morgan fingerprint density at radius 3 is 2.95 bits per heavy atom. The van der Waals surface area contributed by atoms with Crippen LogP contribution in [0.4, 0.5) is 5.82 Å². The van der Waals surface area contributed by atoms with Gasteiger partial charge in [-0.2, -0.15) is 0 Å². The van der Waals surface area contributed by atoms with E-state index in [1.165, 1.54) is 17.5 Å². The summed E-state index contributed by atoms with van der Waals surface area (Å²) in [6, 6.07) is 11.7. The van der Waals surface area contributed by atoms with Crippen LogP contribution in [0.1, 0.15) is 12.5 Å². The number of anilines is 1. The number of methoxy groups -OCH3 is 1. The minimum Gasteiger partial charge on any atom is -0.496 e. The van der Waals surface area contributed by atoms with E-state index in [1.807, 2.05) is 18.2 Å². The number of fused-ring (bicyclic) bond motifs is 1. The van der Waals surface area contributed by atoms with E-state index >= 15 is 0 Å². The lowest BCUT2D eigenvalue weighted by Crippen LogP contribution is -2.00. The molecule has 4 nitrogen and oxygen atoms in total. The number of rotatable bonds is 5. The van der Waals surface area contributed by atoms with Crippen molar-refractivity contribution in [3.63, 3.8) is 0 Å². The van der Waals surface area contributed by atoms with Gasteiger partial charge >= 0.3 is 0 Å². The van der Waals surface area contributed by atoms with Gasteiger partial charge in [0.15, 0.2) is 11.4 Å². The van der Waals surface area contributed by atoms with Crippen LogP contribution in [0, 0.1) is 0 Å². The van der Waals surface area contributed by atoms with E-state index in [-0.39, 0.29) is 0 Å². The maximum absolute atomic E-state index is 5.87. The third-order valence-corrected chi connectivity index (χ3v) is 4.26. The van der Waals surface area contributed by atoms with Gasteiger partial charge in [0, 0.05) is 0 Å². The molecule has 0 saturated carbocycles. The van der Waals surface area contributed by atoms with Gasteiger partial charge in [-0.3, -0.25) is 0 Å². The van der Waals surface area contributed by atoms with E-state index in [4.69, 9.17) is 17.1 Å². The zero-order valence-corrected chi connectivity index (χ0v) is 13.2. The maximum atomic E-state index is 5.87. The zero-order chi connectivity index (χ0) is 15.5. The second-order valence-electron chi connectivity index (χ2n) is 4.80. The first-order valence-electron chi connectivity index (χ1n) is 6.96. The number of ether oxygens (including phenoxy) is 1. The summed E-state index contributed by atoms with van der Waals surface area (Å²) in [4.78, 5) is 1.00. The van der Waals surface area contributed by atoms with Crippen LogP contribution in [0.25, 0.3) is 11.0 Å². The molecule has 110 valence electrons. The molecule has 2 radical (unpaired) electrons. The van der Waals surface area contributed by atoms with Gasteiger partial charge in [-0.05, 0) is 42.1 Å². The van der Waals surface area contributed by atoms with Gasteiger partial charge in [0.25, 0.3) is 0 Å². The lowest BCUT2D eigenvalue weighted by molar-refractivity contribution is 0.404. The monoisotopic (exact) mass is 310 g/mol. The zero-order valence-electron chi connectivity index (χ0n) is 12.4. The molecule has 22 heavy (non-hydrogen) atoms. The molecular formula is C16H15BN2O2S. The maximum Gasteiger partial charge on any atom is 0.187 e. The van der Waals surface area contributed by atoms with E-state index in [0.717, 1.165) is 22.5 Å². The van der Waals surface area contributed by atoms with Gasteiger partial charge in [-0.15, -0.1) is 0 Å². The first kappa shape index (κ1) is 14.8. The van der Waals surface area contributed by atoms with Crippen molar-refractivity contribution < 1.29 is 9.26 Å². The van der Waals surface area contributed by atoms with E-state index in [9.17, 15) is 0 Å². The number of nitrogens with one attached hydrogen (secondary N) is 1. The van der Waals surface area contributed by atoms with Crippen LogP contribution in [-0.4, -0.2) is 20.1 Å². The fourth-order valence-electron chi connectivity index (χ4n) is 2.18. The lowest BCUT2D eigenvalue weighted by Gasteiger charge is -2.09. The second-order valence-corrected chi connectivity index (χ2v) is 5.65. The first-order valence-corrected chi connectivity index (χ1v) is 7.78. The first-order chi connectivity index (χ1) is 10.7. The van der Waals surface area contributed by atoms with Gasteiger partial charge in [0.2, 0.25) is 0 Å². The fourth-order valence-corrected chi connectivity index (χ4v) is 3.00. The van der Waals surface area contributed by atoms with Crippen LogP contribution < -0.4 is 14.9 Å². The molecule has 0 aliphatic rings. The number of benzene rings is 2. The minimum absolute atomic E-state index is 0.577. The number of aryl methyl sites for hydroxylation is 1. The third kappa shape index (κ3) is 2.79. The number of nitrogens with zero attached hydrogens (tertiary/aromatic N) is 1. The molecule has 0 aliphatic carbocycles. The molecule has 0 unspecified atom stereocenters. The van der Waals surface area contributed by atoms with E-state index in [0.29, 0.717) is 16.9 Å². The van der Waals surface area contributed by atoms with Crippen LogP contribution in [0.3, 0.4) is 0 Å². The summed E-state index contributed by atoms with van der Waals surface area (Å²) in [6.45, 7) is 2.12. The number of hydrogen-bond donors (Lipinski definition) is 1. The molecule has 0 spiro atoms. The third-order valence-electron chi connectivity index (χ3n) is 3.42. The summed E-state index contributed by atoms with van der Waals surface area (Å²) < 4.78 is 13.9. The van der Waals surface area contributed by atoms with Crippen molar-refractivity contribution in [3.05, 3.63) is 42.0 Å². The topological polar surface area (TPSA) is 47.3 Å². The molecule has 3 rings (SSSR count). The van der Waals surface area contributed by atoms with Crippen molar-refractivity contribution in [1.82, 2.24) is 5.16 Å². The van der Waals surface area contributed by atoms with Gasteiger partial charge in [-0.25, -0.2) is 0 Å². The van der Waals surface area contributed by atoms with Gasteiger partial charge in [0.05, 0.1) is 17.4 Å². The van der Waals surface area contributed by atoms with Crippen molar-refractivity contribution in [3.8, 4) is 5.75 Å². The smallest absolute Gasteiger partial charge is 0.187 e. The molecular weight excluding hydrogens is 295 g/mol. The molecule has 0 fully saturated rings. The quantitative estimate of drug-likeness (QED) is 0.579. The van der Waals surface area contributed by atoms with Crippen LogP contribution >= 0.6 is 11.9 Å². The number of para-hydroxylation sites is 1. The predicted octanol–water partition coefficient (Wildman–Crippen LogP) is 3.31. The summed E-state index contributed by atoms with van der Waals surface area (Å²) in [7, 11) is 7.54. The van der Waals surface area contributed by atoms with Gasteiger partial charge < -0.3 is 14.0 Å². The predicted molar refractivity (Wildman–Crippen MR) is 91.2 cm³/mol. The molecule has 1 heterocycles. The lowest BCUT2D eigenvalue weighted by atomic mass is 9.94. The number of hydrogen-bond acceptors (Lipinski definition) is 5. The molecule has 0 saturated heterocycles. The van der Waals surface area contributed by atoms with E-state index < -0.39 is 0 Å². The highest BCUT2D eigenvalue weighted by Gasteiger charge is 2.11. The Kier molecular flexibility index (Phi) is 4.29. The van der Waals surface area contributed by atoms with E-state index in [1.54, 1.807) is 13.2 Å². The highest BCUT2D eigenvalue weighted by atomic mass is 32.2. The summed E-state index contributed by atoms with van der Waals surface area (Å²) in [5.74, 6) is 1.47. The van der Waals surface area contributed by atoms with Crippen LogP contribution in [0.15, 0.2) is 45.8 Å². The average Bonchev–Trinajstić information content (AvgIpc) is 2.97. The highest BCUT2D eigenvalue weighted by Crippen LogP contribution is 2.32. The molecule has 6 heteroatoms. The van der Waals surface area contributed by atoms with Crippen LogP contribution in [0.2, 0.25) is 0 Å². The Morgan fingerprint density at radius 2 is 2.18 bits per heavy atom. The van der Waals surface area contributed by atoms with Gasteiger partial charge in [0.1, 0.15) is 13.6 Å². The summed E-state index contributed by atoms with van der Waals surface area (Å²) in [6.07, 6.45) is 0.973. The van der Waals surface area contributed by atoms with Crippen molar-refractivity contribution in [2.24, 2.45) is 0 Å². The molecule has 0 amide bonds. The molecule has 1 N–H and O–H groups in total. The standard InChI is InChI=1S/C16H15BN2O2S/c1-3-10-7-8-13(20-2)14(9-10)22-19-16-11-5-4-6-12(17)15(11)21-18-16/h4-9H,3H2,1-2H3,(H,18,19). The summed E-state index contributed by atoms with van der Waals surface area (Å²) in [5.41, 5.74) is 2.42. The largest absolute Gasteiger partial charge is 0.496 e. The Bertz CT molecular complexity index is 804. The summed E-state index contributed by atoms with van der Waals surface area (Å²) >= 11 is 1.44. The molecule has 2 aromatic carbocycles. The Hall–Kier alpha value is -2.08. The normalized spacial score (nSPS) is 10.8. The van der Waals surface area contributed by atoms with Crippen molar-refractivity contribution in [2.45, 2.75) is 18.2 Å². The average molecular weight is 310 g/mol. The van der Waals surface area contributed by atoms with Gasteiger partial charge in [-0.1, -0.05) is 35.7 Å². The molecule has 0 bridgehead atoms. The fraction of sp³-hybridized carbons (Fsp3) is 0.188. The second kappa shape index (κ2) is 6.36. The van der Waals surface area contributed by atoms with Crippen molar-refractivity contribution in [2.75, 3.05) is 11.8 Å². The highest BCUT2D eigenvalue weighted by molar-refractivity contribution is 8.00. The Labute approximate surface area is 134 Å². The Morgan fingerprint density at radius 1 is 1.32 bits per heavy atom. The summed E-state index contributed by atoms with van der Waals surface area (Å²) in [5, 5.41) is 4.90. The molecule has 3 aromatic rings. The molecule has 1 aromatic heterocycles. The molecule has 0 atom stereocenters. The van der Waals surface area contributed by atoms with Crippen molar-refractivity contribution >= 4 is 42.0 Å². The minimum atomic E-state index is 0.577. The number of aromatic nitrogens is 1. The SMILES string of the molecule is [B]c1cccc2c(NSc3cc(CC)ccc3OC)noc12. The van der Waals surface area contributed by atoms with E-state index in [2.05, 4.69) is 28.9 Å². The van der Waals surface area contributed by atoms with Crippen molar-refractivity contribution in [1.29, 1.82) is 0 Å².